The molecular formula is C48H72N8O7S. The van der Waals surface area contributed by atoms with E-state index < -0.39 is 54.2 Å². The maximum atomic E-state index is 14.3. The minimum atomic E-state index is -0.929. The third kappa shape index (κ3) is 13.7. The van der Waals surface area contributed by atoms with E-state index in [-0.39, 0.29) is 60.1 Å². The topological polar surface area (TPSA) is 184 Å². The predicted octanol–water partition coefficient (Wildman–Crippen LogP) is 5.22. The minimum absolute atomic E-state index is 0.0280. The van der Waals surface area contributed by atoms with Gasteiger partial charge < -0.3 is 30.3 Å². The average Bonchev–Trinajstić information content (AvgIpc) is 3.96. The van der Waals surface area contributed by atoms with Gasteiger partial charge in [-0.3, -0.25) is 34.2 Å². The number of nitrogens with zero attached hydrogens (tertiary/aromatic N) is 4. The van der Waals surface area contributed by atoms with Gasteiger partial charge in [0.25, 0.3) is 0 Å². The van der Waals surface area contributed by atoms with E-state index >= 15 is 0 Å². The van der Waals surface area contributed by atoms with E-state index in [1.807, 2.05) is 121 Å². The lowest BCUT2D eigenvalue weighted by Gasteiger charge is -2.40. The second-order valence-electron chi connectivity index (χ2n) is 18.1. The van der Waals surface area contributed by atoms with Crippen LogP contribution >= 0.6 is 11.3 Å². The lowest BCUT2D eigenvalue weighted by Crippen LogP contribution is -2.59. The molecule has 2 heterocycles. The normalized spacial score (nSPS) is 19.0. The fourth-order valence-corrected chi connectivity index (χ4v) is 9.60. The van der Waals surface area contributed by atoms with E-state index in [2.05, 4.69) is 31.5 Å². The molecule has 64 heavy (non-hydrogen) atoms. The Morgan fingerprint density at radius 3 is 2.02 bits per heavy atom. The third-order valence-electron chi connectivity index (χ3n) is 12.5. The maximum Gasteiger partial charge on any atom is 0.249 e. The van der Waals surface area contributed by atoms with Crippen LogP contribution in [0.5, 0.6) is 0 Å². The first-order valence-electron chi connectivity index (χ1n) is 22.5. The quantitative estimate of drug-likeness (QED) is 0.0925. The molecule has 2 aromatic carbocycles. The lowest BCUT2D eigenvalue weighted by molar-refractivity contribution is -0.144. The summed E-state index contributed by atoms with van der Waals surface area (Å²) in [5.41, 5.74) is 1.75. The van der Waals surface area contributed by atoms with Gasteiger partial charge in [-0.2, -0.15) is 0 Å². The number of hydrogen-bond acceptors (Lipinski definition) is 12. The second-order valence-corrected chi connectivity index (χ2v) is 19.0. The first-order chi connectivity index (χ1) is 30.4. The highest BCUT2D eigenvalue weighted by molar-refractivity contribution is 7.18. The number of methoxy groups -OCH3 is 2. The molecule has 0 bridgehead atoms. The summed E-state index contributed by atoms with van der Waals surface area (Å²) in [6, 6.07) is 15.6. The number of hydrogen-bond donors (Lipinski definition) is 4. The molecule has 4 N–H and O–H groups in total. The van der Waals surface area contributed by atoms with Gasteiger partial charge in [0.05, 0.1) is 36.3 Å². The zero-order valence-corrected chi connectivity index (χ0v) is 40.6. The van der Waals surface area contributed by atoms with Crippen LogP contribution in [0.3, 0.4) is 0 Å². The van der Waals surface area contributed by atoms with Gasteiger partial charge in [-0.25, -0.2) is 0 Å². The molecule has 1 saturated heterocycles. The summed E-state index contributed by atoms with van der Waals surface area (Å²) in [4.78, 5) is 73.2. The molecule has 0 spiro atoms. The Bertz CT molecular complexity index is 1960. The molecule has 0 radical (unpaired) electrons. The van der Waals surface area contributed by atoms with Crippen LogP contribution in [0.2, 0.25) is 0 Å². The third-order valence-corrected chi connectivity index (χ3v) is 13.4. The summed E-state index contributed by atoms with van der Waals surface area (Å²) in [7, 11) is 8.54. The first-order valence-corrected chi connectivity index (χ1v) is 23.4. The Morgan fingerprint density at radius 1 is 0.812 bits per heavy atom. The number of carbonyl (C=O) groups excluding carboxylic acids is 5. The van der Waals surface area contributed by atoms with Crippen LogP contribution in [-0.4, -0.2) is 133 Å². The molecule has 352 valence electrons. The summed E-state index contributed by atoms with van der Waals surface area (Å²) in [5.74, 6) is -2.19. The smallest absolute Gasteiger partial charge is 0.249 e. The summed E-state index contributed by atoms with van der Waals surface area (Å²) in [5, 5.41) is 21.7. The van der Waals surface area contributed by atoms with E-state index in [1.54, 1.807) is 33.1 Å². The van der Waals surface area contributed by atoms with Crippen molar-refractivity contribution in [3.05, 3.63) is 66.2 Å². The number of rotatable bonds is 24. The Hall–Kier alpha value is -4.61. The highest BCUT2D eigenvalue weighted by atomic mass is 32.1. The van der Waals surface area contributed by atoms with Crippen molar-refractivity contribution in [1.82, 2.24) is 35.9 Å². The fraction of sp³-hybridized carbons (Fsp3) is 0.604. The van der Waals surface area contributed by atoms with Gasteiger partial charge in [0.2, 0.25) is 28.8 Å². The standard InChI is InChI=1S/C48H72N8O7S/c1-13-30(6)41(56(10)47(61)39(28(2)3)51-45(60)40(29(4)5)55(8)9)38(62-11)27-37(57)34-24-25-35(49-34)42(63-12)31(7)43(58)50-36(26-32-20-16-14-17-21-32)44(59)52-48-54-53-46(64-48)33-22-18-15-19-23-33/h14-23,28-31,34-36,38-42,49H,13,24-27H2,1-12H3,(H,50,58)(H,51,60)(H,52,54,59). The number of ketones is 1. The molecule has 1 fully saturated rings. The fourth-order valence-electron chi connectivity index (χ4n) is 8.85. The Balaban J connectivity index is 1.43. The van der Waals surface area contributed by atoms with Crippen molar-refractivity contribution in [1.29, 1.82) is 0 Å². The van der Waals surface area contributed by atoms with Crippen LogP contribution in [0, 0.1) is 23.7 Å². The molecule has 1 aliphatic rings. The summed E-state index contributed by atoms with van der Waals surface area (Å²) >= 11 is 1.25. The monoisotopic (exact) mass is 905 g/mol. The maximum absolute atomic E-state index is 14.3. The van der Waals surface area contributed by atoms with E-state index in [0.717, 1.165) is 17.5 Å². The van der Waals surface area contributed by atoms with Gasteiger partial charge in [-0.1, -0.05) is 127 Å². The number of carbonyl (C=O) groups is 5. The molecule has 0 aliphatic carbocycles. The molecule has 10 atom stereocenters. The van der Waals surface area contributed by atoms with Crippen molar-refractivity contribution < 1.29 is 33.4 Å². The molecule has 16 heteroatoms. The zero-order chi connectivity index (χ0) is 47.2. The molecule has 1 aliphatic heterocycles. The van der Waals surface area contributed by atoms with Gasteiger partial charge in [-0.15, -0.1) is 10.2 Å². The molecule has 1 aromatic heterocycles. The summed E-state index contributed by atoms with van der Waals surface area (Å²) in [6.07, 6.45) is 0.886. The van der Waals surface area contributed by atoms with Crippen molar-refractivity contribution in [2.45, 2.75) is 129 Å². The van der Waals surface area contributed by atoms with Crippen molar-refractivity contribution in [3.63, 3.8) is 0 Å². The van der Waals surface area contributed by atoms with Gasteiger partial charge in [0, 0.05) is 45.7 Å². The molecule has 15 nitrogen and oxygen atoms in total. The molecule has 4 amide bonds. The average molecular weight is 905 g/mol. The van der Waals surface area contributed by atoms with Gasteiger partial charge in [-0.05, 0) is 50.3 Å². The van der Waals surface area contributed by atoms with Crippen molar-refractivity contribution >= 4 is 45.9 Å². The summed E-state index contributed by atoms with van der Waals surface area (Å²) < 4.78 is 12.0. The Kier molecular flexibility index (Phi) is 20.0. The van der Waals surface area contributed by atoms with Gasteiger partial charge in [0.15, 0.2) is 5.78 Å². The highest BCUT2D eigenvalue weighted by Gasteiger charge is 2.42. The Morgan fingerprint density at radius 2 is 1.45 bits per heavy atom. The van der Waals surface area contributed by atoms with Crippen LogP contribution in [-0.2, 0) is 39.9 Å². The van der Waals surface area contributed by atoms with E-state index in [0.29, 0.717) is 23.0 Å². The predicted molar refractivity (Wildman–Crippen MR) is 251 cm³/mol. The van der Waals surface area contributed by atoms with Gasteiger partial charge in [0.1, 0.15) is 17.1 Å². The minimum Gasteiger partial charge on any atom is -0.379 e. The number of likely N-dealkylation sites (N-methyl/N-ethyl adjacent to an activating group) is 2. The van der Waals surface area contributed by atoms with E-state index in [9.17, 15) is 24.0 Å². The van der Waals surface area contributed by atoms with Crippen molar-refractivity contribution in [2.24, 2.45) is 23.7 Å². The molecular weight excluding hydrogens is 833 g/mol. The SMILES string of the molecule is CCC(C)C(C(CC(=O)C1CCC(C(OC)C(C)C(=O)NC(Cc2ccccc2)C(=O)Nc2nnc(-c3ccccc3)s2)N1)OC)N(C)C(=O)C(NC(=O)C(C(C)C)N(C)C)C(C)C. The number of amides is 4. The largest absolute Gasteiger partial charge is 0.379 e. The van der Waals surface area contributed by atoms with Crippen LogP contribution < -0.4 is 21.3 Å². The van der Waals surface area contributed by atoms with E-state index in [4.69, 9.17) is 9.47 Å². The van der Waals surface area contributed by atoms with Crippen molar-refractivity contribution in [3.8, 4) is 10.6 Å². The molecule has 3 aromatic rings. The number of aromatic nitrogens is 2. The van der Waals surface area contributed by atoms with Crippen LogP contribution in [0.25, 0.3) is 10.6 Å². The number of Topliss-reactive ketones (excluding diaryl/α,β-unsaturated/α-hetero) is 1. The zero-order valence-electron chi connectivity index (χ0n) is 39.8. The lowest BCUT2D eigenvalue weighted by atomic mass is 9.88. The van der Waals surface area contributed by atoms with Crippen LogP contribution in [0.4, 0.5) is 5.13 Å². The van der Waals surface area contributed by atoms with Gasteiger partial charge >= 0.3 is 0 Å². The van der Waals surface area contributed by atoms with E-state index in [1.165, 1.54) is 11.3 Å². The van der Waals surface area contributed by atoms with Crippen LogP contribution in [0.15, 0.2) is 60.7 Å². The molecule has 4 rings (SSSR count). The highest BCUT2D eigenvalue weighted by Crippen LogP contribution is 2.29. The number of nitrogens with one attached hydrogen (secondary N) is 4. The second kappa shape index (κ2) is 24.6. The number of ether oxygens (including phenoxy) is 2. The first kappa shape index (κ1) is 52.0. The van der Waals surface area contributed by atoms with Crippen LogP contribution in [0.1, 0.15) is 79.7 Å². The Labute approximate surface area is 384 Å². The van der Waals surface area contributed by atoms with Crippen molar-refractivity contribution in [2.75, 3.05) is 40.7 Å². The number of anilines is 1. The summed E-state index contributed by atoms with van der Waals surface area (Å²) in [6.45, 7) is 13.6. The number of benzene rings is 2. The molecule has 0 saturated carbocycles. The molecule has 10 unspecified atom stereocenters.